The maximum atomic E-state index is 10.5. The zero-order valence-electron chi connectivity index (χ0n) is 11.2. The number of anilines is 2. The van der Waals surface area contributed by atoms with Gasteiger partial charge in [-0.1, -0.05) is 0 Å². The molecule has 10 nitrogen and oxygen atoms in total. The molecule has 1 saturated heterocycles. The smallest absolute Gasteiger partial charge is 0.224 e. The number of fused-ring (bicyclic) bond motifs is 1. The van der Waals surface area contributed by atoms with Gasteiger partial charge in [0.2, 0.25) is 5.95 Å². The summed E-state index contributed by atoms with van der Waals surface area (Å²) in [6.45, 7) is 0.970. The molecule has 0 aromatic carbocycles. The van der Waals surface area contributed by atoms with Crippen LogP contribution < -0.4 is 11.5 Å². The number of ether oxygens (including phenoxy) is 1. The minimum absolute atomic E-state index is 0.0429. The number of nitrogens with zero attached hydrogens (tertiary/aromatic N) is 4. The van der Waals surface area contributed by atoms with Crippen molar-refractivity contribution < 1.29 is 20.1 Å². The Morgan fingerprint density at radius 3 is 2.76 bits per heavy atom. The van der Waals surface area contributed by atoms with Crippen molar-refractivity contribution in [1.82, 2.24) is 19.5 Å². The van der Waals surface area contributed by atoms with Crippen LogP contribution in [0.25, 0.3) is 11.2 Å². The Kier molecular flexibility index (Phi) is 2.99. The maximum Gasteiger partial charge on any atom is 0.224 e. The van der Waals surface area contributed by atoms with E-state index in [2.05, 4.69) is 15.0 Å². The number of nitrogen functional groups attached to an aromatic ring is 2. The first-order valence-electron chi connectivity index (χ1n) is 6.28. The molecule has 1 aliphatic rings. The van der Waals surface area contributed by atoms with Crippen LogP contribution in [-0.2, 0) is 4.74 Å². The average molecular weight is 296 g/mol. The number of aliphatic hydroxyl groups is 3. The summed E-state index contributed by atoms with van der Waals surface area (Å²) in [5.74, 6) is 0.0618. The lowest BCUT2D eigenvalue weighted by Crippen LogP contribution is -2.44. The van der Waals surface area contributed by atoms with Gasteiger partial charge in [-0.3, -0.25) is 4.57 Å². The Morgan fingerprint density at radius 1 is 1.43 bits per heavy atom. The second-order valence-corrected chi connectivity index (χ2v) is 5.17. The van der Waals surface area contributed by atoms with Gasteiger partial charge in [0.15, 0.2) is 17.7 Å². The Balaban J connectivity index is 2.13. The Labute approximate surface area is 119 Å². The van der Waals surface area contributed by atoms with E-state index in [9.17, 15) is 15.3 Å². The standard InChI is InChI=1S/C11H16N6O4/c1-11(20)6(19)4(2-18)21-9(11)17-3-14-5-7(12)15-10(13)16-8(5)17/h3-4,6,9,18-20H,2H2,1H3,(H4,12,13,15,16)/t4-,6-,9-,11-/m0/s1. The molecule has 1 aliphatic heterocycles. The normalized spacial score (nSPS) is 32.9. The molecule has 0 radical (unpaired) electrons. The molecule has 3 rings (SSSR count). The Bertz CT molecular complexity index is 687. The van der Waals surface area contributed by atoms with E-state index >= 15 is 0 Å². The summed E-state index contributed by atoms with van der Waals surface area (Å²) in [7, 11) is 0. The van der Waals surface area contributed by atoms with Crippen LogP contribution in [0.15, 0.2) is 6.33 Å². The highest BCUT2D eigenvalue weighted by Crippen LogP contribution is 2.39. The fraction of sp³-hybridized carbons (Fsp3) is 0.545. The second kappa shape index (κ2) is 4.49. The molecule has 21 heavy (non-hydrogen) atoms. The third kappa shape index (κ3) is 1.92. The van der Waals surface area contributed by atoms with Crippen molar-refractivity contribution in [2.24, 2.45) is 0 Å². The predicted molar refractivity (Wildman–Crippen MR) is 71.8 cm³/mol. The predicted octanol–water partition coefficient (Wildman–Crippen LogP) is -2.01. The van der Waals surface area contributed by atoms with Crippen LogP contribution in [0.5, 0.6) is 0 Å². The van der Waals surface area contributed by atoms with Crippen molar-refractivity contribution in [3.05, 3.63) is 6.33 Å². The van der Waals surface area contributed by atoms with Crippen LogP contribution in [0, 0.1) is 0 Å². The summed E-state index contributed by atoms with van der Waals surface area (Å²) >= 11 is 0. The van der Waals surface area contributed by atoms with Crippen LogP contribution in [0.4, 0.5) is 11.8 Å². The van der Waals surface area contributed by atoms with Crippen molar-refractivity contribution >= 4 is 22.9 Å². The fourth-order valence-corrected chi connectivity index (χ4v) is 2.52. The van der Waals surface area contributed by atoms with Crippen molar-refractivity contribution in [3.8, 4) is 0 Å². The number of hydrogen-bond donors (Lipinski definition) is 5. The van der Waals surface area contributed by atoms with Gasteiger partial charge in [-0.05, 0) is 6.92 Å². The summed E-state index contributed by atoms with van der Waals surface area (Å²) in [5, 5.41) is 29.7. The van der Waals surface area contributed by atoms with E-state index in [4.69, 9.17) is 16.2 Å². The molecular formula is C11H16N6O4. The lowest BCUT2D eigenvalue weighted by Gasteiger charge is -2.27. The number of rotatable bonds is 2. The molecule has 0 aliphatic carbocycles. The summed E-state index contributed by atoms with van der Waals surface area (Å²) in [6, 6.07) is 0. The van der Waals surface area contributed by atoms with Crippen LogP contribution in [0.1, 0.15) is 13.2 Å². The average Bonchev–Trinajstić information content (AvgIpc) is 2.91. The number of aromatic nitrogens is 4. The largest absolute Gasteiger partial charge is 0.394 e. The van der Waals surface area contributed by atoms with Gasteiger partial charge in [-0.2, -0.15) is 9.97 Å². The van der Waals surface area contributed by atoms with E-state index in [0.29, 0.717) is 5.52 Å². The molecule has 10 heteroatoms. The lowest BCUT2D eigenvalue weighted by molar-refractivity contribution is -0.0950. The summed E-state index contributed by atoms with van der Waals surface area (Å²) in [6.07, 6.45) is -1.82. The van der Waals surface area contributed by atoms with Gasteiger partial charge in [-0.25, -0.2) is 4.98 Å². The molecule has 4 atom stereocenters. The Morgan fingerprint density at radius 2 is 2.14 bits per heavy atom. The third-order valence-electron chi connectivity index (χ3n) is 3.65. The van der Waals surface area contributed by atoms with E-state index in [1.807, 2.05) is 0 Å². The molecule has 0 bridgehead atoms. The second-order valence-electron chi connectivity index (χ2n) is 5.17. The van der Waals surface area contributed by atoms with Crippen LogP contribution in [0.3, 0.4) is 0 Å². The molecule has 114 valence electrons. The van der Waals surface area contributed by atoms with Gasteiger partial charge in [0.1, 0.15) is 23.3 Å². The summed E-state index contributed by atoms with van der Waals surface area (Å²) < 4.78 is 6.91. The van der Waals surface area contributed by atoms with Gasteiger partial charge in [0.05, 0.1) is 12.9 Å². The van der Waals surface area contributed by atoms with E-state index in [0.717, 1.165) is 0 Å². The molecule has 0 saturated carbocycles. The highest BCUT2D eigenvalue weighted by atomic mass is 16.6. The third-order valence-corrected chi connectivity index (χ3v) is 3.65. The molecule has 0 spiro atoms. The number of imidazole rings is 1. The topological polar surface area (TPSA) is 166 Å². The molecule has 0 unspecified atom stereocenters. The van der Waals surface area contributed by atoms with Crippen molar-refractivity contribution in [3.63, 3.8) is 0 Å². The van der Waals surface area contributed by atoms with Crippen molar-refractivity contribution in [1.29, 1.82) is 0 Å². The molecule has 1 fully saturated rings. The zero-order chi connectivity index (χ0) is 15.4. The number of aliphatic hydroxyl groups excluding tert-OH is 2. The van der Waals surface area contributed by atoms with Gasteiger partial charge >= 0.3 is 0 Å². The van der Waals surface area contributed by atoms with Crippen LogP contribution in [0.2, 0.25) is 0 Å². The van der Waals surface area contributed by atoms with E-state index in [1.54, 1.807) is 0 Å². The minimum atomic E-state index is -1.64. The van der Waals surface area contributed by atoms with Crippen molar-refractivity contribution in [2.75, 3.05) is 18.1 Å². The van der Waals surface area contributed by atoms with Gasteiger partial charge in [0.25, 0.3) is 0 Å². The van der Waals surface area contributed by atoms with Gasteiger partial charge in [0, 0.05) is 0 Å². The monoisotopic (exact) mass is 296 g/mol. The zero-order valence-corrected chi connectivity index (χ0v) is 11.2. The SMILES string of the molecule is C[C@@]1(O)[C@@H](n2cnc3c(N)nc(N)nc32)O[C@@H](CO)[C@@H]1O. The molecule has 2 aromatic rings. The Hall–Kier alpha value is -2.01. The highest BCUT2D eigenvalue weighted by molar-refractivity contribution is 5.82. The van der Waals surface area contributed by atoms with Crippen LogP contribution >= 0.6 is 0 Å². The molecule has 7 N–H and O–H groups in total. The number of nitrogens with two attached hydrogens (primary N) is 2. The van der Waals surface area contributed by atoms with Crippen LogP contribution in [-0.4, -0.2) is 59.3 Å². The van der Waals surface area contributed by atoms with Gasteiger partial charge in [-0.15, -0.1) is 0 Å². The summed E-state index contributed by atoms with van der Waals surface area (Å²) in [4.78, 5) is 11.9. The van der Waals surface area contributed by atoms with E-state index in [-0.39, 0.29) is 17.4 Å². The maximum absolute atomic E-state index is 10.5. The fourth-order valence-electron chi connectivity index (χ4n) is 2.52. The first-order chi connectivity index (χ1) is 9.86. The summed E-state index contributed by atoms with van der Waals surface area (Å²) in [5.41, 5.74) is 10.2. The van der Waals surface area contributed by atoms with E-state index in [1.165, 1.54) is 17.8 Å². The first-order valence-corrected chi connectivity index (χ1v) is 6.28. The van der Waals surface area contributed by atoms with Gasteiger partial charge < -0.3 is 31.5 Å². The number of hydrogen-bond acceptors (Lipinski definition) is 9. The molecule has 3 heterocycles. The lowest BCUT2D eigenvalue weighted by atomic mass is 9.96. The molecule has 2 aromatic heterocycles. The first kappa shape index (κ1) is 13.9. The quantitative estimate of drug-likeness (QED) is 0.421. The molecular weight excluding hydrogens is 280 g/mol. The highest BCUT2D eigenvalue weighted by Gasteiger charge is 2.53. The minimum Gasteiger partial charge on any atom is -0.394 e. The van der Waals surface area contributed by atoms with Crippen molar-refractivity contribution in [2.45, 2.75) is 31.0 Å². The van der Waals surface area contributed by atoms with E-state index < -0.39 is 30.6 Å². The molecule has 0 amide bonds.